The first-order valence-corrected chi connectivity index (χ1v) is 6.06. The molecule has 0 aromatic rings. The first-order chi connectivity index (χ1) is 7.20. The van der Waals surface area contributed by atoms with Crippen molar-refractivity contribution in [1.82, 2.24) is 4.90 Å². The van der Waals surface area contributed by atoms with E-state index in [0.29, 0.717) is 6.54 Å². The third-order valence-corrected chi connectivity index (χ3v) is 2.64. The average molecular weight is 226 g/mol. The number of hydrogen-bond acceptors (Lipinski definition) is 3. The summed E-state index contributed by atoms with van der Waals surface area (Å²) in [6.07, 6.45) is 1.91. The Morgan fingerprint density at radius 3 is 2.19 bits per heavy atom. The van der Waals surface area contributed by atoms with E-state index in [4.69, 9.17) is 5.26 Å². The topological polar surface area (TPSA) is 47.3 Å². The summed E-state index contributed by atoms with van der Waals surface area (Å²) in [5.74, 6) is 0. The molecule has 0 aliphatic rings. The van der Waals surface area contributed by atoms with E-state index in [1.807, 2.05) is 27.7 Å². The molecule has 0 heterocycles. The van der Waals surface area contributed by atoms with Crippen LogP contribution in [-0.2, 0) is 0 Å². The molecule has 0 aliphatic heterocycles. The smallest absolute Gasteiger partial charge is 0.0718 e. The molecule has 0 aliphatic carbocycles. The van der Waals surface area contributed by atoms with Gasteiger partial charge in [0.15, 0.2) is 0 Å². The Morgan fingerprint density at radius 2 is 1.81 bits per heavy atom. The predicted molar refractivity (Wildman–Crippen MR) is 67.0 cm³/mol. The maximum Gasteiger partial charge on any atom is 0.0718 e. The third kappa shape index (κ3) is 7.67. The van der Waals surface area contributed by atoms with Gasteiger partial charge in [0.2, 0.25) is 0 Å². The lowest BCUT2D eigenvalue weighted by Gasteiger charge is -2.28. The van der Waals surface area contributed by atoms with E-state index in [1.165, 1.54) is 0 Å². The van der Waals surface area contributed by atoms with E-state index < -0.39 is 5.60 Å². The molecular weight excluding hydrogens is 200 g/mol. The molecule has 0 fully saturated rings. The van der Waals surface area contributed by atoms with Crippen LogP contribution in [0.2, 0.25) is 0 Å². The number of rotatable bonds is 7. The molecule has 94 valence electrons. The van der Waals surface area contributed by atoms with Gasteiger partial charge in [-0.1, -0.05) is 6.92 Å². The summed E-state index contributed by atoms with van der Waals surface area (Å²) in [6.45, 7) is 12.3. The molecule has 1 N–H and O–H groups in total. The predicted octanol–water partition coefficient (Wildman–Crippen LogP) is 2.41. The Labute approximate surface area is 100 Å². The van der Waals surface area contributed by atoms with Gasteiger partial charge in [0.1, 0.15) is 0 Å². The van der Waals surface area contributed by atoms with E-state index in [0.717, 1.165) is 25.9 Å². The zero-order valence-corrected chi connectivity index (χ0v) is 11.4. The summed E-state index contributed by atoms with van der Waals surface area (Å²) < 4.78 is 0. The molecule has 0 atom stereocenters. The van der Waals surface area contributed by atoms with Crippen LogP contribution in [0.5, 0.6) is 0 Å². The van der Waals surface area contributed by atoms with Gasteiger partial charge in [-0.3, -0.25) is 0 Å². The van der Waals surface area contributed by atoms with Gasteiger partial charge in [-0.2, -0.15) is 5.26 Å². The van der Waals surface area contributed by atoms with E-state index in [9.17, 15) is 5.11 Å². The zero-order valence-electron chi connectivity index (χ0n) is 11.4. The molecule has 0 unspecified atom stereocenters. The van der Waals surface area contributed by atoms with E-state index in [1.54, 1.807) is 0 Å². The third-order valence-electron chi connectivity index (χ3n) is 2.64. The van der Waals surface area contributed by atoms with Crippen molar-refractivity contribution in [3.05, 3.63) is 0 Å². The standard InChI is InChI=1S/C13H26N2O/c1-6-15(11-13(4,5)16)9-7-8-12(2,3)10-14/h16H,6-9,11H2,1-5H3. The quantitative estimate of drug-likeness (QED) is 0.725. The second kappa shape index (κ2) is 6.22. The fourth-order valence-corrected chi connectivity index (χ4v) is 1.70. The molecule has 0 radical (unpaired) electrons. The maximum absolute atomic E-state index is 9.73. The fraction of sp³-hybridized carbons (Fsp3) is 0.923. The highest BCUT2D eigenvalue weighted by atomic mass is 16.3. The van der Waals surface area contributed by atoms with Crippen molar-refractivity contribution in [2.24, 2.45) is 5.41 Å². The Balaban J connectivity index is 3.95. The lowest BCUT2D eigenvalue weighted by molar-refractivity contribution is 0.0369. The number of hydrogen-bond donors (Lipinski definition) is 1. The summed E-state index contributed by atoms with van der Waals surface area (Å²) in [7, 11) is 0. The molecule has 0 bridgehead atoms. The average Bonchev–Trinajstić information content (AvgIpc) is 2.14. The molecule has 3 heteroatoms. The van der Waals surface area contributed by atoms with Gasteiger partial charge in [-0.25, -0.2) is 0 Å². The van der Waals surface area contributed by atoms with Gasteiger partial charge in [0.05, 0.1) is 17.1 Å². The van der Waals surface area contributed by atoms with Crippen LogP contribution in [0.1, 0.15) is 47.5 Å². The summed E-state index contributed by atoms with van der Waals surface area (Å²) in [6, 6.07) is 2.31. The van der Waals surface area contributed by atoms with Crippen LogP contribution in [0, 0.1) is 16.7 Å². The van der Waals surface area contributed by atoms with Crippen LogP contribution in [0.3, 0.4) is 0 Å². The number of nitrogens with zero attached hydrogens (tertiary/aromatic N) is 2. The second-order valence-electron chi connectivity index (χ2n) is 5.78. The lowest BCUT2D eigenvalue weighted by atomic mass is 9.90. The molecular formula is C13H26N2O. The van der Waals surface area contributed by atoms with Crippen LogP contribution >= 0.6 is 0 Å². The number of aliphatic hydroxyl groups is 1. The summed E-state index contributed by atoms with van der Waals surface area (Å²) in [5, 5.41) is 18.6. The van der Waals surface area contributed by atoms with Gasteiger partial charge in [0, 0.05) is 6.54 Å². The van der Waals surface area contributed by atoms with Crippen molar-refractivity contribution in [2.75, 3.05) is 19.6 Å². The minimum atomic E-state index is -0.638. The molecule has 0 aromatic heterocycles. The maximum atomic E-state index is 9.73. The van der Waals surface area contributed by atoms with Crippen LogP contribution in [0.15, 0.2) is 0 Å². The summed E-state index contributed by atoms with van der Waals surface area (Å²) in [5.41, 5.74) is -0.866. The summed E-state index contributed by atoms with van der Waals surface area (Å²) in [4.78, 5) is 2.23. The van der Waals surface area contributed by atoms with Crippen molar-refractivity contribution in [3.63, 3.8) is 0 Å². The molecule has 0 saturated heterocycles. The Hall–Kier alpha value is -0.590. The lowest BCUT2D eigenvalue weighted by Crippen LogP contribution is -2.39. The first kappa shape index (κ1) is 15.4. The monoisotopic (exact) mass is 226 g/mol. The van der Waals surface area contributed by atoms with Gasteiger partial charge in [-0.05, 0) is 53.6 Å². The van der Waals surface area contributed by atoms with Crippen molar-refractivity contribution in [2.45, 2.75) is 53.1 Å². The minimum absolute atomic E-state index is 0.228. The molecule has 0 spiro atoms. The highest BCUT2D eigenvalue weighted by molar-refractivity contribution is 4.91. The van der Waals surface area contributed by atoms with Crippen LogP contribution in [0.4, 0.5) is 0 Å². The molecule has 0 aromatic carbocycles. The Kier molecular flexibility index (Phi) is 5.99. The minimum Gasteiger partial charge on any atom is -0.389 e. The SMILES string of the molecule is CCN(CCCC(C)(C)C#N)CC(C)(C)O. The van der Waals surface area contributed by atoms with Gasteiger partial charge in [0.25, 0.3) is 0 Å². The molecule has 16 heavy (non-hydrogen) atoms. The van der Waals surface area contributed by atoms with E-state index in [-0.39, 0.29) is 5.41 Å². The van der Waals surface area contributed by atoms with E-state index in [2.05, 4.69) is 17.9 Å². The largest absolute Gasteiger partial charge is 0.389 e. The molecule has 3 nitrogen and oxygen atoms in total. The van der Waals surface area contributed by atoms with Crippen molar-refractivity contribution < 1.29 is 5.11 Å². The first-order valence-electron chi connectivity index (χ1n) is 6.06. The van der Waals surface area contributed by atoms with Crippen LogP contribution < -0.4 is 0 Å². The van der Waals surface area contributed by atoms with Crippen LogP contribution in [0.25, 0.3) is 0 Å². The Morgan fingerprint density at radius 1 is 1.25 bits per heavy atom. The zero-order chi connectivity index (χ0) is 12.8. The highest BCUT2D eigenvalue weighted by Crippen LogP contribution is 2.20. The molecule has 0 rings (SSSR count). The second-order valence-corrected chi connectivity index (χ2v) is 5.78. The molecule has 0 saturated carbocycles. The normalized spacial score (nSPS) is 12.9. The van der Waals surface area contributed by atoms with Crippen molar-refractivity contribution >= 4 is 0 Å². The van der Waals surface area contributed by atoms with Gasteiger partial charge in [-0.15, -0.1) is 0 Å². The van der Waals surface area contributed by atoms with E-state index >= 15 is 0 Å². The number of likely N-dealkylation sites (N-methyl/N-ethyl adjacent to an activating group) is 1. The van der Waals surface area contributed by atoms with Gasteiger partial charge >= 0.3 is 0 Å². The highest BCUT2D eigenvalue weighted by Gasteiger charge is 2.19. The number of nitriles is 1. The summed E-state index contributed by atoms with van der Waals surface area (Å²) >= 11 is 0. The molecule has 0 amide bonds. The fourth-order valence-electron chi connectivity index (χ4n) is 1.70. The van der Waals surface area contributed by atoms with Crippen molar-refractivity contribution in [3.8, 4) is 6.07 Å². The van der Waals surface area contributed by atoms with Crippen molar-refractivity contribution in [1.29, 1.82) is 5.26 Å². The Bertz CT molecular complexity index is 235. The van der Waals surface area contributed by atoms with Gasteiger partial charge < -0.3 is 10.0 Å². The van der Waals surface area contributed by atoms with Crippen LogP contribution in [-0.4, -0.2) is 35.2 Å².